The lowest BCUT2D eigenvalue weighted by molar-refractivity contribution is 0.671. The van der Waals surface area contributed by atoms with E-state index in [1.165, 1.54) is 6.08 Å². The summed E-state index contributed by atoms with van der Waals surface area (Å²) in [4.78, 5) is 13.1. The summed E-state index contributed by atoms with van der Waals surface area (Å²) in [5.74, 6) is -0.495. The van der Waals surface area contributed by atoms with Crippen LogP contribution in [0.15, 0.2) is 93.2 Å². The van der Waals surface area contributed by atoms with Crippen molar-refractivity contribution < 1.29 is 4.39 Å². The first-order valence-corrected chi connectivity index (χ1v) is 8.27. The van der Waals surface area contributed by atoms with E-state index in [-0.39, 0.29) is 5.57 Å². The summed E-state index contributed by atoms with van der Waals surface area (Å²) in [5, 5.41) is 0.840. The molecule has 3 aromatic heterocycles. The monoisotopic (exact) mass is 355 g/mol. The number of rotatable bonds is 6. The molecule has 132 valence electrons. The SMILES string of the molecule is C=CC(=C)c1cncc(-c2cc(/C(C=C)=C(\F)C=C)nc3ncccc23)c1. The highest BCUT2D eigenvalue weighted by Gasteiger charge is 2.13. The number of hydrogen-bond donors (Lipinski definition) is 0. The summed E-state index contributed by atoms with van der Waals surface area (Å²) in [6, 6.07) is 7.53. The van der Waals surface area contributed by atoms with Crippen LogP contribution in [-0.4, -0.2) is 15.0 Å². The van der Waals surface area contributed by atoms with E-state index in [0.29, 0.717) is 11.3 Å². The fraction of sp³-hybridized carbons (Fsp3) is 0. The Balaban J connectivity index is 2.32. The minimum Gasteiger partial charge on any atom is -0.263 e. The Morgan fingerprint density at radius 3 is 2.56 bits per heavy atom. The van der Waals surface area contributed by atoms with Crippen LogP contribution in [0.4, 0.5) is 4.39 Å². The van der Waals surface area contributed by atoms with Gasteiger partial charge < -0.3 is 0 Å². The van der Waals surface area contributed by atoms with E-state index in [1.807, 2.05) is 24.3 Å². The van der Waals surface area contributed by atoms with Crippen molar-refractivity contribution in [1.82, 2.24) is 15.0 Å². The Hall–Kier alpha value is -3.66. The van der Waals surface area contributed by atoms with Crippen molar-refractivity contribution >= 4 is 22.2 Å². The van der Waals surface area contributed by atoms with Gasteiger partial charge >= 0.3 is 0 Å². The maximum absolute atomic E-state index is 14.2. The summed E-state index contributed by atoms with van der Waals surface area (Å²) in [6.07, 6.45) is 9.35. The fourth-order valence-electron chi connectivity index (χ4n) is 2.75. The second-order valence-corrected chi connectivity index (χ2v) is 5.79. The first-order valence-electron chi connectivity index (χ1n) is 8.27. The standard InChI is InChI=1S/C23H18FN3/c1-5-15(4)16-11-17(14-25-13-16)20-12-22(18(6-2)21(24)7-3)27-23-19(20)9-8-10-26-23/h5-14H,1-4H2/b21-18-. The molecule has 0 saturated carbocycles. The Morgan fingerprint density at radius 2 is 1.85 bits per heavy atom. The molecule has 0 aliphatic carbocycles. The lowest BCUT2D eigenvalue weighted by atomic mass is 9.98. The second kappa shape index (κ2) is 7.70. The molecule has 0 atom stereocenters. The molecule has 27 heavy (non-hydrogen) atoms. The van der Waals surface area contributed by atoms with Crippen molar-refractivity contribution in [3.63, 3.8) is 0 Å². The molecule has 0 aliphatic rings. The molecule has 3 nitrogen and oxygen atoms in total. The first kappa shape index (κ1) is 18.1. The smallest absolute Gasteiger partial charge is 0.160 e. The van der Waals surface area contributed by atoms with Gasteiger partial charge in [-0.2, -0.15) is 0 Å². The summed E-state index contributed by atoms with van der Waals surface area (Å²) < 4.78 is 14.2. The molecule has 0 unspecified atom stereocenters. The number of aromatic nitrogens is 3. The second-order valence-electron chi connectivity index (χ2n) is 5.79. The third kappa shape index (κ3) is 3.51. The highest BCUT2D eigenvalue weighted by atomic mass is 19.1. The maximum Gasteiger partial charge on any atom is 0.160 e. The van der Waals surface area contributed by atoms with Crippen LogP contribution in [0.1, 0.15) is 11.3 Å². The summed E-state index contributed by atoms with van der Waals surface area (Å²) in [6.45, 7) is 14.9. The van der Waals surface area contributed by atoms with E-state index < -0.39 is 5.83 Å². The average molecular weight is 355 g/mol. The fourth-order valence-corrected chi connectivity index (χ4v) is 2.75. The Labute approximate surface area is 157 Å². The summed E-state index contributed by atoms with van der Waals surface area (Å²) in [7, 11) is 0. The summed E-state index contributed by atoms with van der Waals surface area (Å²) in [5.41, 5.74) is 4.51. The van der Waals surface area contributed by atoms with Gasteiger partial charge in [-0.15, -0.1) is 0 Å². The molecule has 0 aromatic carbocycles. The normalized spacial score (nSPS) is 11.6. The molecule has 0 saturated heterocycles. The van der Waals surface area contributed by atoms with E-state index in [9.17, 15) is 4.39 Å². The molecule has 3 aromatic rings. The van der Waals surface area contributed by atoms with Crippen LogP contribution in [-0.2, 0) is 0 Å². The Kier molecular flexibility index (Phi) is 5.18. The Morgan fingerprint density at radius 1 is 1.04 bits per heavy atom. The number of fused-ring (bicyclic) bond motifs is 1. The van der Waals surface area contributed by atoms with E-state index in [1.54, 1.807) is 24.7 Å². The number of hydrogen-bond acceptors (Lipinski definition) is 3. The predicted molar refractivity (Wildman–Crippen MR) is 110 cm³/mol. The van der Waals surface area contributed by atoms with E-state index >= 15 is 0 Å². The molecule has 0 spiro atoms. The van der Waals surface area contributed by atoms with Crippen molar-refractivity contribution in [2.45, 2.75) is 0 Å². The van der Waals surface area contributed by atoms with Gasteiger partial charge in [-0.25, -0.2) is 14.4 Å². The van der Waals surface area contributed by atoms with Crippen LogP contribution in [0.2, 0.25) is 0 Å². The molecule has 4 heteroatoms. The van der Waals surface area contributed by atoms with Gasteiger partial charge in [-0.1, -0.05) is 38.5 Å². The zero-order valence-electron chi connectivity index (χ0n) is 14.8. The largest absolute Gasteiger partial charge is 0.263 e. The van der Waals surface area contributed by atoms with Gasteiger partial charge in [0, 0.05) is 35.1 Å². The summed E-state index contributed by atoms with van der Waals surface area (Å²) >= 11 is 0. The van der Waals surface area contributed by atoms with Gasteiger partial charge in [0.05, 0.1) is 5.69 Å². The zero-order valence-corrected chi connectivity index (χ0v) is 14.8. The molecule has 0 amide bonds. The van der Waals surface area contributed by atoms with E-state index in [2.05, 4.69) is 41.3 Å². The topological polar surface area (TPSA) is 38.7 Å². The minimum atomic E-state index is -0.495. The van der Waals surface area contributed by atoms with E-state index in [0.717, 1.165) is 33.7 Å². The van der Waals surface area contributed by atoms with Crippen LogP contribution < -0.4 is 0 Å². The quantitative estimate of drug-likeness (QED) is 0.513. The average Bonchev–Trinajstić information content (AvgIpc) is 2.73. The van der Waals surface area contributed by atoms with Crippen molar-refractivity contribution in [3.05, 3.63) is 104 Å². The molecule has 3 heterocycles. The van der Waals surface area contributed by atoms with Crippen LogP contribution in [0, 0.1) is 0 Å². The highest BCUT2D eigenvalue weighted by Crippen LogP contribution is 2.32. The molecular formula is C23H18FN3. The number of nitrogens with zero attached hydrogens (tertiary/aromatic N) is 3. The third-order valence-corrected chi connectivity index (χ3v) is 4.17. The molecule has 0 aliphatic heterocycles. The molecule has 0 bridgehead atoms. The van der Waals surface area contributed by atoms with Crippen LogP contribution >= 0.6 is 0 Å². The van der Waals surface area contributed by atoms with Crippen LogP contribution in [0.5, 0.6) is 0 Å². The lowest BCUT2D eigenvalue weighted by Gasteiger charge is -2.11. The van der Waals surface area contributed by atoms with Gasteiger partial charge in [0.25, 0.3) is 0 Å². The van der Waals surface area contributed by atoms with Crippen LogP contribution in [0.25, 0.3) is 33.3 Å². The highest BCUT2D eigenvalue weighted by molar-refractivity contribution is 5.95. The van der Waals surface area contributed by atoms with Gasteiger partial charge in [-0.3, -0.25) is 4.98 Å². The van der Waals surface area contributed by atoms with E-state index in [4.69, 9.17) is 0 Å². The minimum absolute atomic E-state index is 0.262. The Bertz CT molecular complexity index is 1110. The van der Waals surface area contributed by atoms with Crippen LogP contribution in [0.3, 0.4) is 0 Å². The van der Waals surface area contributed by atoms with Crippen molar-refractivity contribution in [1.29, 1.82) is 0 Å². The molecule has 0 N–H and O–H groups in total. The molecular weight excluding hydrogens is 337 g/mol. The number of halogens is 1. The van der Waals surface area contributed by atoms with Crippen molar-refractivity contribution in [2.24, 2.45) is 0 Å². The third-order valence-electron chi connectivity index (χ3n) is 4.17. The molecule has 3 rings (SSSR count). The van der Waals surface area contributed by atoms with Gasteiger partial charge in [0.2, 0.25) is 0 Å². The molecule has 0 fully saturated rings. The maximum atomic E-state index is 14.2. The predicted octanol–water partition coefficient (Wildman–Crippen LogP) is 5.94. The lowest BCUT2D eigenvalue weighted by Crippen LogP contribution is -1.96. The van der Waals surface area contributed by atoms with Gasteiger partial charge in [-0.05, 0) is 47.0 Å². The van der Waals surface area contributed by atoms with Crippen molar-refractivity contribution in [3.8, 4) is 11.1 Å². The molecule has 0 radical (unpaired) electrons. The first-order chi connectivity index (χ1) is 13.1. The zero-order chi connectivity index (χ0) is 19.4. The van der Waals surface area contributed by atoms with Gasteiger partial charge in [0.1, 0.15) is 5.83 Å². The number of allylic oxidation sites excluding steroid dienone is 6. The van der Waals surface area contributed by atoms with Crippen molar-refractivity contribution in [2.75, 3.05) is 0 Å². The number of pyridine rings is 3. The van der Waals surface area contributed by atoms with Gasteiger partial charge in [0.15, 0.2) is 5.65 Å².